The maximum absolute atomic E-state index is 13.9. The van der Waals surface area contributed by atoms with Gasteiger partial charge in [0.25, 0.3) is 0 Å². The molecule has 0 bridgehead atoms. The van der Waals surface area contributed by atoms with Gasteiger partial charge >= 0.3 is 12.6 Å². The van der Waals surface area contributed by atoms with E-state index in [-0.39, 0.29) is 57.5 Å². The molecule has 49 heavy (non-hydrogen) atoms. The summed E-state index contributed by atoms with van der Waals surface area (Å²) in [4.78, 5) is 20.1. The molecular weight excluding hydrogens is 729 g/mol. The summed E-state index contributed by atoms with van der Waals surface area (Å²) in [5, 5.41) is 10.7. The van der Waals surface area contributed by atoms with Gasteiger partial charge in [-0.3, -0.25) is 0 Å². The van der Waals surface area contributed by atoms with Crippen LogP contribution in [0.5, 0.6) is 11.5 Å². The number of aromatic nitrogens is 2. The third-order valence-corrected chi connectivity index (χ3v) is 12.0. The molecule has 0 N–H and O–H groups in total. The SMILES string of the molecule is O=C(OC(Cc1c(Cl)c[n+]([O-])cc1Cl)c1ccc(OC(F)F)c(OCC2CC2)c1)C1SCCN1S(=O)(=O)c1ccc(N2CCOCC2)nc1. The van der Waals surface area contributed by atoms with Crippen LogP contribution in [0, 0.1) is 11.1 Å². The standard InChI is InChI=1S/C31H32Cl2F2N4O8S2/c32-23-16-38(41)17-24(33)22(23)14-26(20-3-5-25(47-31(34)35)27(13-20)45-18-19-1-2-19)46-30(40)29-39(9-12-48-29)49(42,43)21-4-6-28(36-15-21)37-7-10-44-11-8-37/h3-6,13,15-17,19,26,29,31H,1-2,7-12,14,18H2. The van der Waals surface area contributed by atoms with E-state index in [1.165, 1.54) is 30.5 Å². The number of alkyl halides is 2. The Morgan fingerprint density at radius 1 is 1.10 bits per heavy atom. The zero-order valence-electron chi connectivity index (χ0n) is 25.9. The number of hydrogen-bond acceptors (Lipinski definition) is 11. The van der Waals surface area contributed by atoms with E-state index in [1.807, 2.05) is 4.90 Å². The number of benzene rings is 1. The van der Waals surface area contributed by atoms with E-state index in [0.29, 0.717) is 48.2 Å². The average molecular weight is 762 g/mol. The Morgan fingerprint density at radius 2 is 1.84 bits per heavy atom. The zero-order valence-corrected chi connectivity index (χ0v) is 29.0. The van der Waals surface area contributed by atoms with Crippen molar-refractivity contribution in [1.29, 1.82) is 0 Å². The highest BCUT2D eigenvalue weighted by atomic mass is 35.5. The molecule has 18 heteroatoms. The largest absolute Gasteiger partial charge is 0.619 e. The molecule has 3 fully saturated rings. The molecule has 0 spiro atoms. The summed E-state index contributed by atoms with van der Waals surface area (Å²) in [6, 6.07) is 7.20. The van der Waals surface area contributed by atoms with Gasteiger partial charge in [0.15, 0.2) is 29.3 Å². The second-order valence-corrected chi connectivity index (χ2v) is 15.4. The maximum Gasteiger partial charge on any atom is 0.387 e. The van der Waals surface area contributed by atoms with E-state index in [0.717, 1.165) is 41.3 Å². The number of pyridine rings is 2. The van der Waals surface area contributed by atoms with Crippen molar-refractivity contribution in [2.75, 3.05) is 50.1 Å². The first kappa shape index (κ1) is 35.7. The number of ether oxygens (including phenoxy) is 4. The number of morpholine rings is 1. The molecule has 2 aromatic heterocycles. The van der Waals surface area contributed by atoms with Crippen LogP contribution in [-0.2, 0) is 30.7 Å². The summed E-state index contributed by atoms with van der Waals surface area (Å²) in [5.41, 5.74) is 0.587. The van der Waals surface area contributed by atoms with Gasteiger partial charge in [0, 0.05) is 43.6 Å². The van der Waals surface area contributed by atoms with Gasteiger partial charge in [-0.15, -0.1) is 11.8 Å². The van der Waals surface area contributed by atoms with Crippen LogP contribution in [0.4, 0.5) is 14.6 Å². The molecule has 1 saturated carbocycles. The van der Waals surface area contributed by atoms with Crippen molar-refractivity contribution in [2.45, 2.75) is 42.2 Å². The fourth-order valence-corrected chi connectivity index (χ4v) is 8.98. The van der Waals surface area contributed by atoms with Crippen molar-refractivity contribution in [1.82, 2.24) is 9.29 Å². The predicted molar refractivity (Wildman–Crippen MR) is 177 cm³/mol. The first-order valence-corrected chi connectivity index (χ1v) is 18.6. The Labute approximate surface area is 295 Å². The lowest BCUT2D eigenvalue weighted by Gasteiger charge is -2.28. The van der Waals surface area contributed by atoms with Gasteiger partial charge in [0.1, 0.15) is 26.9 Å². The highest BCUT2D eigenvalue weighted by Crippen LogP contribution is 2.39. The molecule has 1 aliphatic carbocycles. The summed E-state index contributed by atoms with van der Waals surface area (Å²) in [7, 11) is -4.17. The fraction of sp³-hybridized carbons (Fsp3) is 0.452. The van der Waals surface area contributed by atoms with E-state index in [4.69, 9.17) is 37.4 Å². The first-order chi connectivity index (χ1) is 23.5. The van der Waals surface area contributed by atoms with Crippen LogP contribution in [0.25, 0.3) is 0 Å². The van der Waals surface area contributed by atoms with Crippen molar-refractivity contribution in [2.24, 2.45) is 5.92 Å². The van der Waals surface area contributed by atoms with Crippen LogP contribution in [0.3, 0.4) is 0 Å². The Kier molecular flexibility index (Phi) is 11.2. The van der Waals surface area contributed by atoms with Crippen molar-refractivity contribution in [3.63, 3.8) is 0 Å². The first-order valence-electron chi connectivity index (χ1n) is 15.4. The van der Waals surface area contributed by atoms with Gasteiger partial charge in [0.05, 0.1) is 19.8 Å². The van der Waals surface area contributed by atoms with E-state index < -0.39 is 34.1 Å². The number of sulfonamides is 1. The summed E-state index contributed by atoms with van der Waals surface area (Å²) in [5.74, 6) is 0.162. The maximum atomic E-state index is 13.9. The Morgan fingerprint density at radius 3 is 2.49 bits per heavy atom. The molecule has 3 aromatic rings. The molecule has 4 heterocycles. The van der Waals surface area contributed by atoms with E-state index >= 15 is 0 Å². The number of anilines is 1. The molecule has 0 amide bonds. The van der Waals surface area contributed by atoms with Crippen LogP contribution >= 0.6 is 35.0 Å². The van der Waals surface area contributed by atoms with Crippen LogP contribution in [0.15, 0.2) is 53.8 Å². The van der Waals surface area contributed by atoms with E-state index in [1.54, 1.807) is 6.07 Å². The summed E-state index contributed by atoms with van der Waals surface area (Å²) in [6.07, 6.45) is 4.04. The molecule has 2 saturated heterocycles. The number of esters is 1. The van der Waals surface area contributed by atoms with Gasteiger partial charge in [0.2, 0.25) is 10.0 Å². The van der Waals surface area contributed by atoms with Crippen LogP contribution in [0.1, 0.15) is 30.1 Å². The second kappa shape index (κ2) is 15.4. The monoisotopic (exact) mass is 760 g/mol. The normalized spacial score (nSPS) is 19.2. The minimum atomic E-state index is -4.17. The molecule has 12 nitrogen and oxygen atoms in total. The molecule has 2 atom stereocenters. The van der Waals surface area contributed by atoms with Gasteiger partial charge in [-0.1, -0.05) is 29.3 Å². The minimum absolute atomic E-state index is 0.00104. The smallest absolute Gasteiger partial charge is 0.387 e. The minimum Gasteiger partial charge on any atom is -0.619 e. The molecular formula is C31H32Cl2F2N4O8S2. The zero-order chi connectivity index (χ0) is 34.7. The summed E-state index contributed by atoms with van der Waals surface area (Å²) >= 11 is 13.8. The highest BCUT2D eigenvalue weighted by Gasteiger charge is 2.42. The molecule has 3 aliphatic rings. The lowest BCUT2D eigenvalue weighted by molar-refractivity contribution is -0.605. The number of rotatable bonds is 13. The number of halogens is 4. The summed E-state index contributed by atoms with van der Waals surface area (Å²) < 4.78 is 77.3. The average Bonchev–Trinajstić information content (AvgIpc) is 3.77. The van der Waals surface area contributed by atoms with Crippen molar-refractivity contribution < 1.29 is 45.7 Å². The molecule has 0 radical (unpaired) electrons. The number of carbonyl (C=O) groups excluding carboxylic acids is 1. The van der Waals surface area contributed by atoms with Crippen molar-refractivity contribution in [3.05, 3.63) is 75.3 Å². The van der Waals surface area contributed by atoms with Crippen LogP contribution in [-0.4, -0.2) is 80.9 Å². The predicted octanol–water partition coefficient (Wildman–Crippen LogP) is 4.84. The fourth-order valence-electron chi connectivity index (χ4n) is 5.39. The van der Waals surface area contributed by atoms with Crippen LogP contribution < -0.4 is 19.1 Å². The second-order valence-electron chi connectivity index (χ2n) is 11.6. The van der Waals surface area contributed by atoms with Gasteiger partial charge in [-0.05, 0) is 48.6 Å². The van der Waals surface area contributed by atoms with Gasteiger partial charge < -0.3 is 29.1 Å². The lowest BCUT2D eigenvalue weighted by Crippen LogP contribution is -2.41. The molecule has 1 aromatic carbocycles. The Bertz CT molecular complexity index is 1740. The quantitative estimate of drug-likeness (QED) is 0.135. The topological polar surface area (TPSA) is 134 Å². The van der Waals surface area contributed by atoms with E-state index in [2.05, 4.69) is 9.72 Å². The molecule has 2 unspecified atom stereocenters. The van der Waals surface area contributed by atoms with Crippen LogP contribution in [0.2, 0.25) is 10.0 Å². The number of hydrogen-bond donors (Lipinski definition) is 0. The number of thioether (sulfide) groups is 1. The van der Waals surface area contributed by atoms with Crippen molar-refractivity contribution in [3.8, 4) is 11.5 Å². The summed E-state index contributed by atoms with van der Waals surface area (Å²) in [6.45, 7) is -0.445. The lowest BCUT2D eigenvalue weighted by atomic mass is 10.0. The van der Waals surface area contributed by atoms with Gasteiger partial charge in [-0.2, -0.15) is 17.8 Å². The Balaban J connectivity index is 1.27. The van der Waals surface area contributed by atoms with E-state index in [9.17, 15) is 27.2 Å². The molecule has 264 valence electrons. The highest BCUT2D eigenvalue weighted by molar-refractivity contribution is 8.02. The van der Waals surface area contributed by atoms with Gasteiger partial charge in [-0.25, -0.2) is 18.2 Å². The number of carbonyl (C=O) groups is 1. The third kappa shape index (κ3) is 8.60. The molecule has 6 rings (SSSR count). The third-order valence-electron chi connectivity index (χ3n) is 8.15. The number of nitrogens with zero attached hydrogens (tertiary/aromatic N) is 4. The molecule has 2 aliphatic heterocycles. The van der Waals surface area contributed by atoms with Crippen molar-refractivity contribution >= 4 is 56.8 Å². The Hall–Kier alpha value is -3.15.